The molecule has 0 saturated carbocycles. The fraction of sp³-hybridized carbons (Fsp3) is 0.263. The van der Waals surface area contributed by atoms with E-state index < -0.39 is 0 Å². The minimum absolute atomic E-state index is 0.255. The summed E-state index contributed by atoms with van der Waals surface area (Å²) < 4.78 is 13.0. The first kappa shape index (κ1) is 18.3. The third-order valence-corrected chi connectivity index (χ3v) is 6.21. The van der Waals surface area contributed by atoms with Gasteiger partial charge in [0, 0.05) is 0 Å². The first-order chi connectivity index (χ1) is 11.3. The molecule has 0 amide bonds. The Hall–Kier alpha value is -1.03. The van der Waals surface area contributed by atoms with Crippen molar-refractivity contribution in [2.75, 3.05) is 13.2 Å². The maximum atomic E-state index is 5.80. The molecule has 2 aromatic rings. The van der Waals surface area contributed by atoms with Gasteiger partial charge in [0.15, 0.2) is 0 Å². The van der Waals surface area contributed by atoms with E-state index in [4.69, 9.17) is 9.47 Å². The Kier molecular flexibility index (Phi) is 8.51. The molecule has 0 fully saturated rings. The van der Waals surface area contributed by atoms with Crippen LogP contribution in [0.4, 0.5) is 0 Å². The first-order valence-corrected chi connectivity index (χ1v) is 10.4. The molecule has 23 heavy (non-hydrogen) atoms. The third kappa shape index (κ3) is 6.54. The molecule has 2 aromatic carbocycles. The number of ether oxygens (including phenoxy) is 2. The Morgan fingerprint density at radius 2 is 1.52 bits per heavy atom. The second kappa shape index (κ2) is 10.7. The molecule has 2 nitrogen and oxygen atoms in total. The molecular formula is C19H22O2SSe. The molecule has 0 saturated heterocycles. The van der Waals surface area contributed by atoms with Gasteiger partial charge in [-0.3, -0.25) is 0 Å². The van der Waals surface area contributed by atoms with E-state index in [1.807, 2.05) is 26.0 Å². The Morgan fingerprint density at radius 1 is 0.957 bits per heavy atom. The van der Waals surface area contributed by atoms with Gasteiger partial charge in [-0.25, -0.2) is 0 Å². The van der Waals surface area contributed by atoms with E-state index in [0.29, 0.717) is 13.2 Å². The van der Waals surface area contributed by atoms with Crippen LogP contribution in [0.2, 0.25) is 0 Å². The predicted molar refractivity (Wildman–Crippen MR) is 99.3 cm³/mol. The van der Waals surface area contributed by atoms with Crippen molar-refractivity contribution >= 4 is 31.2 Å². The summed E-state index contributed by atoms with van der Waals surface area (Å²) in [5.41, 5.74) is 0. The molecule has 0 heterocycles. The van der Waals surface area contributed by atoms with Gasteiger partial charge in [0.25, 0.3) is 0 Å². The summed E-state index contributed by atoms with van der Waals surface area (Å²) in [4.78, 5) is 4.60. The maximum absolute atomic E-state index is 5.80. The second-order valence-corrected chi connectivity index (χ2v) is 7.73. The van der Waals surface area contributed by atoms with E-state index in [9.17, 15) is 0 Å². The third-order valence-electron chi connectivity index (χ3n) is 2.90. The number of hydrogen-bond acceptors (Lipinski definition) is 3. The second-order valence-electron chi connectivity index (χ2n) is 4.61. The summed E-state index contributed by atoms with van der Waals surface area (Å²) in [6, 6.07) is 20.9. The van der Waals surface area contributed by atoms with E-state index >= 15 is 0 Å². The van der Waals surface area contributed by atoms with E-state index in [-0.39, 0.29) is 21.2 Å². The fourth-order valence-corrected chi connectivity index (χ4v) is 4.71. The number of hydrogen-bond donors (Lipinski definition) is 0. The van der Waals surface area contributed by atoms with Gasteiger partial charge in [0.1, 0.15) is 0 Å². The Bertz CT molecular complexity index is 581. The average Bonchev–Trinajstić information content (AvgIpc) is 2.60. The molecular weight excluding hydrogens is 371 g/mol. The normalized spacial score (nSPS) is 11.9. The number of benzene rings is 2. The van der Waals surface area contributed by atoms with Crippen LogP contribution in [-0.4, -0.2) is 34.5 Å². The Morgan fingerprint density at radius 3 is 2.09 bits per heavy atom. The topological polar surface area (TPSA) is 18.5 Å². The molecule has 0 unspecified atom stereocenters. The summed E-state index contributed by atoms with van der Waals surface area (Å²) in [6.07, 6.45) is -0.291. The van der Waals surface area contributed by atoms with Crippen molar-refractivity contribution in [3.63, 3.8) is 0 Å². The van der Waals surface area contributed by atoms with Crippen molar-refractivity contribution in [2.45, 2.75) is 25.0 Å². The molecule has 0 atom stereocenters. The molecule has 0 radical (unpaired) electrons. The van der Waals surface area contributed by atoms with Crippen LogP contribution in [0, 0.1) is 0 Å². The van der Waals surface area contributed by atoms with Crippen LogP contribution in [0.15, 0.2) is 75.4 Å². The SMILES string of the molecule is CCOC(OCC)C(=C[Se]c1ccccc1)Sc1ccccc1. The predicted octanol–water partition coefficient (Wildman–Crippen LogP) is 4.05. The van der Waals surface area contributed by atoms with Gasteiger partial charge in [-0.15, -0.1) is 0 Å². The summed E-state index contributed by atoms with van der Waals surface area (Å²) in [6.45, 7) is 5.27. The summed E-state index contributed by atoms with van der Waals surface area (Å²) in [7, 11) is 0. The molecule has 4 heteroatoms. The van der Waals surface area contributed by atoms with Crippen LogP contribution >= 0.6 is 11.8 Å². The zero-order valence-corrected chi connectivity index (χ0v) is 16.0. The monoisotopic (exact) mass is 394 g/mol. The fourth-order valence-electron chi connectivity index (χ4n) is 1.89. The Labute approximate surface area is 149 Å². The summed E-state index contributed by atoms with van der Waals surface area (Å²) in [5, 5.41) is 0. The number of thioether (sulfide) groups is 1. The zero-order chi connectivity index (χ0) is 16.3. The van der Waals surface area contributed by atoms with Crippen molar-refractivity contribution in [3.8, 4) is 0 Å². The van der Waals surface area contributed by atoms with Crippen LogP contribution in [0.3, 0.4) is 0 Å². The molecule has 122 valence electrons. The molecule has 2 rings (SSSR count). The van der Waals surface area contributed by atoms with Gasteiger partial charge in [-0.1, -0.05) is 0 Å². The van der Waals surface area contributed by atoms with Gasteiger partial charge >= 0.3 is 149 Å². The quantitative estimate of drug-likeness (QED) is 0.364. The van der Waals surface area contributed by atoms with Crippen molar-refractivity contribution in [1.29, 1.82) is 0 Å². The first-order valence-electron chi connectivity index (χ1n) is 7.71. The standard InChI is InChI=1S/C19H22O2SSe/c1-3-20-19(21-4-2)18(22-16-11-7-5-8-12-16)15-23-17-13-9-6-10-14-17/h5-15,19H,3-4H2,1-2H3. The number of rotatable bonds is 9. The van der Waals surface area contributed by atoms with Crippen molar-refractivity contribution in [2.24, 2.45) is 0 Å². The van der Waals surface area contributed by atoms with Gasteiger partial charge in [-0.05, 0) is 0 Å². The van der Waals surface area contributed by atoms with Crippen molar-refractivity contribution in [1.82, 2.24) is 0 Å². The average molecular weight is 393 g/mol. The molecule has 0 bridgehead atoms. The van der Waals surface area contributed by atoms with E-state index in [2.05, 4.69) is 53.5 Å². The molecule has 0 spiro atoms. The van der Waals surface area contributed by atoms with Gasteiger partial charge < -0.3 is 0 Å². The van der Waals surface area contributed by atoms with Gasteiger partial charge in [0.2, 0.25) is 0 Å². The Balaban J connectivity index is 2.18. The molecule has 0 N–H and O–H groups in total. The molecule has 0 aromatic heterocycles. The molecule has 0 aliphatic heterocycles. The van der Waals surface area contributed by atoms with E-state index in [1.165, 1.54) is 9.36 Å². The zero-order valence-electron chi connectivity index (χ0n) is 13.5. The van der Waals surface area contributed by atoms with E-state index in [0.717, 1.165) is 4.91 Å². The minimum atomic E-state index is -0.291. The summed E-state index contributed by atoms with van der Waals surface area (Å²) >= 11 is 1.98. The van der Waals surface area contributed by atoms with Gasteiger partial charge in [-0.2, -0.15) is 0 Å². The van der Waals surface area contributed by atoms with Crippen molar-refractivity contribution < 1.29 is 9.47 Å². The van der Waals surface area contributed by atoms with Crippen LogP contribution in [0.5, 0.6) is 0 Å². The van der Waals surface area contributed by atoms with Crippen LogP contribution in [0.25, 0.3) is 0 Å². The van der Waals surface area contributed by atoms with Crippen molar-refractivity contribution in [3.05, 3.63) is 70.5 Å². The van der Waals surface area contributed by atoms with Crippen LogP contribution in [0.1, 0.15) is 13.8 Å². The molecule has 0 aliphatic rings. The van der Waals surface area contributed by atoms with E-state index in [1.54, 1.807) is 11.8 Å². The summed E-state index contributed by atoms with van der Waals surface area (Å²) in [5.74, 6) is 0. The molecule has 0 aliphatic carbocycles. The van der Waals surface area contributed by atoms with Crippen LogP contribution < -0.4 is 4.46 Å². The van der Waals surface area contributed by atoms with Crippen LogP contribution in [-0.2, 0) is 9.47 Å². The van der Waals surface area contributed by atoms with Gasteiger partial charge in [0.05, 0.1) is 0 Å².